The number of methoxy groups -OCH3 is 1. The molecule has 82 valence electrons. The fraction of sp³-hybridized carbons (Fsp3) is 0.500. The maximum atomic E-state index is 9.30. The number of aliphatic hydroxyl groups excluding tert-OH is 1. The third kappa shape index (κ3) is 2.34. The SMILES string of the molecule is COc1ccc(Br)cc1CC1(CO)CC1. The number of ether oxygens (including phenoxy) is 1. The van der Waals surface area contributed by atoms with E-state index < -0.39 is 0 Å². The summed E-state index contributed by atoms with van der Waals surface area (Å²) in [7, 11) is 1.69. The van der Waals surface area contributed by atoms with Crippen LogP contribution >= 0.6 is 15.9 Å². The topological polar surface area (TPSA) is 29.5 Å². The van der Waals surface area contributed by atoms with Gasteiger partial charge in [-0.1, -0.05) is 15.9 Å². The first-order valence-corrected chi connectivity index (χ1v) is 5.92. The molecular formula is C12H15BrO2. The van der Waals surface area contributed by atoms with Gasteiger partial charge in [-0.25, -0.2) is 0 Å². The van der Waals surface area contributed by atoms with Gasteiger partial charge in [0.05, 0.1) is 7.11 Å². The van der Waals surface area contributed by atoms with Crippen LogP contribution in [0.1, 0.15) is 18.4 Å². The summed E-state index contributed by atoms with van der Waals surface area (Å²) in [6.07, 6.45) is 3.16. The summed E-state index contributed by atoms with van der Waals surface area (Å²) >= 11 is 3.46. The van der Waals surface area contributed by atoms with Crippen molar-refractivity contribution in [3.8, 4) is 5.75 Å². The molecule has 0 bridgehead atoms. The van der Waals surface area contributed by atoms with Crippen LogP contribution in [0.15, 0.2) is 22.7 Å². The Morgan fingerprint density at radius 3 is 2.73 bits per heavy atom. The van der Waals surface area contributed by atoms with Crippen LogP contribution in [0.2, 0.25) is 0 Å². The van der Waals surface area contributed by atoms with Crippen molar-refractivity contribution in [2.75, 3.05) is 13.7 Å². The van der Waals surface area contributed by atoms with Gasteiger partial charge in [0.1, 0.15) is 5.75 Å². The molecule has 1 saturated carbocycles. The molecule has 1 aliphatic carbocycles. The Morgan fingerprint density at radius 1 is 1.47 bits per heavy atom. The molecule has 0 aliphatic heterocycles. The van der Waals surface area contributed by atoms with Crippen LogP contribution in [-0.2, 0) is 6.42 Å². The minimum Gasteiger partial charge on any atom is -0.496 e. The molecule has 0 amide bonds. The molecule has 3 heteroatoms. The lowest BCUT2D eigenvalue weighted by Gasteiger charge is -2.14. The average molecular weight is 271 g/mol. The molecular weight excluding hydrogens is 256 g/mol. The van der Waals surface area contributed by atoms with E-state index in [0.717, 1.165) is 29.5 Å². The Balaban J connectivity index is 2.22. The number of hydrogen-bond donors (Lipinski definition) is 1. The van der Waals surface area contributed by atoms with Gasteiger partial charge in [0, 0.05) is 11.1 Å². The number of benzene rings is 1. The fourth-order valence-corrected chi connectivity index (χ4v) is 2.27. The van der Waals surface area contributed by atoms with E-state index in [1.54, 1.807) is 7.11 Å². The fourth-order valence-electron chi connectivity index (χ4n) is 1.86. The van der Waals surface area contributed by atoms with Crippen LogP contribution in [0.5, 0.6) is 5.75 Å². The van der Waals surface area contributed by atoms with Gasteiger partial charge < -0.3 is 9.84 Å². The first kappa shape index (κ1) is 11.0. The van der Waals surface area contributed by atoms with Crippen molar-refractivity contribution in [1.29, 1.82) is 0 Å². The minimum atomic E-state index is 0.133. The molecule has 1 N–H and O–H groups in total. The van der Waals surface area contributed by atoms with E-state index in [4.69, 9.17) is 4.74 Å². The molecule has 1 aromatic carbocycles. The highest BCUT2D eigenvalue weighted by atomic mass is 79.9. The highest BCUT2D eigenvalue weighted by Gasteiger charge is 2.42. The molecule has 0 saturated heterocycles. The van der Waals surface area contributed by atoms with Gasteiger partial charge in [0.2, 0.25) is 0 Å². The van der Waals surface area contributed by atoms with Crippen molar-refractivity contribution in [2.24, 2.45) is 5.41 Å². The number of rotatable bonds is 4. The second-order valence-electron chi connectivity index (χ2n) is 4.29. The smallest absolute Gasteiger partial charge is 0.122 e. The van der Waals surface area contributed by atoms with Crippen LogP contribution in [-0.4, -0.2) is 18.8 Å². The van der Waals surface area contributed by atoms with E-state index in [0.29, 0.717) is 0 Å². The molecule has 0 spiro atoms. The van der Waals surface area contributed by atoms with Crippen molar-refractivity contribution in [2.45, 2.75) is 19.3 Å². The Labute approximate surface area is 98.4 Å². The van der Waals surface area contributed by atoms with Gasteiger partial charge in [-0.15, -0.1) is 0 Å². The first-order valence-electron chi connectivity index (χ1n) is 5.12. The van der Waals surface area contributed by atoms with Crippen LogP contribution < -0.4 is 4.74 Å². The molecule has 15 heavy (non-hydrogen) atoms. The van der Waals surface area contributed by atoms with E-state index >= 15 is 0 Å². The zero-order valence-electron chi connectivity index (χ0n) is 8.79. The van der Waals surface area contributed by atoms with Crippen LogP contribution in [0.3, 0.4) is 0 Å². The molecule has 1 fully saturated rings. The second kappa shape index (κ2) is 4.14. The van der Waals surface area contributed by atoms with Crippen LogP contribution in [0, 0.1) is 5.41 Å². The maximum Gasteiger partial charge on any atom is 0.122 e. The standard InChI is InChI=1S/C12H15BrO2/c1-15-11-3-2-10(13)6-9(11)7-12(8-14)4-5-12/h2-3,6,14H,4-5,7-8H2,1H3. The predicted octanol–water partition coefficient (Wildman–Crippen LogP) is 2.77. The number of halogens is 1. The van der Waals surface area contributed by atoms with E-state index in [1.165, 1.54) is 5.56 Å². The van der Waals surface area contributed by atoms with Crippen molar-refractivity contribution in [1.82, 2.24) is 0 Å². The third-order valence-electron chi connectivity index (χ3n) is 3.10. The Bertz CT molecular complexity index is 359. The molecule has 0 heterocycles. The molecule has 2 rings (SSSR count). The van der Waals surface area contributed by atoms with Gasteiger partial charge >= 0.3 is 0 Å². The first-order chi connectivity index (χ1) is 7.19. The summed E-state index contributed by atoms with van der Waals surface area (Å²) in [5.41, 5.74) is 1.31. The van der Waals surface area contributed by atoms with Crippen LogP contribution in [0.4, 0.5) is 0 Å². The van der Waals surface area contributed by atoms with E-state index in [9.17, 15) is 5.11 Å². The lowest BCUT2D eigenvalue weighted by molar-refractivity contribution is 0.210. The number of hydrogen-bond acceptors (Lipinski definition) is 2. The summed E-state index contributed by atoms with van der Waals surface area (Å²) in [6, 6.07) is 6.02. The van der Waals surface area contributed by atoms with Crippen molar-refractivity contribution in [3.63, 3.8) is 0 Å². The third-order valence-corrected chi connectivity index (χ3v) is 3.59. The summed E-state index contributed by atoms with van der Waals surface area (Å²) in [4.78, 5) is 0. The summed E-state index contributed by atoms with van der Waals surface area (Å²) < 4.78 is 6.38. The molecule has 2 nitrogen and oxygen atoms in total. The molecule has 0 atom stereocenters. The van der Waals surface area contributed by atoms with Gasteiger partial charge in [0.15, 0.2) is 0 Å². The summed E-state index contributed by atoms with van der Waals surface area (Å²) in [5, 5.41) is 9.30. The summed E-state index contributed by atoms with van der Waals surface area (Å²) in [5.74, 6) is 0.915. The number of aliphatic hydroxyl groups is 1. The maximum absolute atomic E-state index is 9.30. The Hall–Kier alpha value is -0.540. The highest BCUT2D eigenvalue weighted by molar-refractivity contribution is 9.10. The molecule has 0 unspecified atom stereocenters. The quantitative estimate of drug-likeness (QED) is 0.912. The van der Waals surface area contributed by atoms with Gasteiger partial charge in [0.25, 0.3) is 0 Å². The van der Waals surface area contributed by atoms with Crippen molar-refractivity contribution >= 4 is 15.9 Å². The zero-order valence-corrected chi connectivity index (χ0v) is 10.4. The lowest BCUT2D eigenvalue weighted by atomic mass is 9.97. The normalized spacial score (nSPS) is 17.5. The van der Waals surface area contributed by atoms with Gasteiger partial charge in [-0.3, -0.25) is 0 Å². The predicted molar refractivity (Wildman–Crippen MR) is 63.2 cm³/mol. The average Bonchev–Trinajstić information content (AvgIpc) is 2.99. The molecule has 1 aromatic rings. The minimum absolute atomic E-state index is 0.133. The van der Waals surface area contributed by atoms with Gasteiger partial charge in [-0.2, -0.15) is 0 Å². The van der Waals surface area contributed by atoms with E-state index in [-0.39, 0.29) is 12.0 Å². The highest BCUT2D eigenvalue weighted by Crippen LogP contribution is 2.49. The Morgan fingerprint density at radius 2 is 2.20 bits per heavy atom. The van der Waals surface area contributed by atoms with E-state index in [2.05, 4.69) is 22.0 Å². The monoisotopic (exact) mass is 270 g/mol. The van der Waals surface area contributed by atoms with E-state index in [1.807, 2.05) is 12.1 Å². The van der Waals surface area contributed by atoms with Crippen molar-refractivity contribution in [3.05, 3.63) is 28.2 Å². The van der Waals surface area contributed by atoms with Crippen molar-refractivity contribution < 1.29 is 9.84 Å². The van der Waals surface area contributed by atoms with Crippen LogP contribution in [0.25, 0.3) is 0 Å². The molecule has 1 aliphatic rings. The Kier molecular flexibility index (Phi) is 3.03. The van der Waals surface area contributed by atoms with Gasteiger partial charge in [-0.05, 0) is 48.4 Å². The zero-order chi connectivity index (χ0) is 10.9. The molecule has 0 radical (unpaired) electrons. The lowest BCUT2D eigenvalue weighted by Crippen LogP contribution is -2.10. The second-order valence-corrected chi connectivity index (χ2v) is 5.21. The molecule has 0 aromatic heterocycles. The summed E-state index contributed by atoms with van der Waals surface area (Å²) in [6.45, 7) is 0.280. The largest absolute Gasteiger partial charge is 0.496 e.